The lowest BCUT2D eigenvalue weighted by atomic mass is 10.1. The maximum Gasteiger partial charge on any atom is 0.134 e. The molecule has 0 unspecified atom stereocenters. The van der Waals surface area contributed by atoms with Gasteiger partial charge >= 0.3 is 0 Å². The Labute approximate surface area is 88.5 Å². The van der Waals surface area contributed by atoms with Crippen LogP contribution < -0.4 is 0 Å². The summed E-state index contributed by atoms with van der Waals surface area (Å²) in [5, 5.41) is 9.51. The first kappa shape index (κ1) is 11.1. The summed E-state index contributed by atoms with van der Waals surface area (Å²) in [6.45, 7) is 1.85. The van der Waals surface area contributed by atoms with Gasteiger partial charge in [-0.2, -0.15) is 0 Å². The lowest BCUT2D eigenvalue weighted by molar-refractivity contribution is -0.118. The summed E-state index contributed by atoms with van der Waals surface area (Å²) in [6, 6.07) is 5.03. The Morgan fingerprint density at radius 1 is 1.50 bits per heavy atom. The van der Waals surface area contributed by atoms with Gasteiger partial charge in [0.05, 0.1) is 5.02 Å². The predicted molar refractivity (Wildman–Crippen MR) is 56.7 cm³/mol. The van der Waals surface area contributed by atoms with E-state index in [1.54, 1.807) is 18.2 Å². The minimum atomic E-state index is 0.0808. The van der Waals surface area contributed by atoms with E-state index >= 15 is 0 Å². The van der Waals surface area contributed by atoms with E-state index in [2.05, 4.69) is 0 Å². The van der Waals surface area contributed by atoms with Crippen LogP contribution in [-0.2, 0) is 11.2 Å². The van der Waals surface area contributed by atoms with Crippen LogP contribution in [0.15, 0.2) is 18.2 Å². The van der Waals surface area contributed by atoms with Crippen molar-refractivity contribution in [3.05, 3.63) is 28.8 Å². The fourth-order valence-electron chi connectivity index (χ4n) is 1.17. The Balaban J connectivity index is 2.60. The van der Waals surface area contributed by atoms with Gasteiger partial charge in [-0.05, 0) is 24.1 Å². The molecule has 3 heteroatoms. The van der Waals surface area contributed by atoms with Crippen molar-refractivity contribution in [1.29, 1.82) is 0 Å². The van der Waals surface area contributed by atoms with E-state index in [1.807, 2.05) is 6.92 Å². The Hall–Kier alpha value is -1.02. The molecule has 1 rings (SSSR count). The second-order valence-corrected chi connectivity index (χ2v) is 3.59. The van der Waals surface area contributed by atoms with E-state index in [-0.39, 0.29) is 11.5 Å². The summed E-state index contributed by atoms with van der Waals surface area (Å²) < 4.78 is 0. The lowest BCUT2D eigenvalue weighted by Gasteiger charge is -2.02. The Kier molecular flexibility index (Phi) is 3.96. The number of hydrogen-bond acceptors (Lipinski definition) is 2. The van der Waals surface area contributed by atoms with Crippen LogP contribution in [0, 0.1) is 0 Å². The molecule has 14 heavy (non-hydrogen) atoms. The molecule has 76 valence electrons. The lowest BCUT2D eigenvalue weighted by Crippen LogP contribution is -1.97. The van der Waals surface area contributed by atoms with Gasteiger partial charge in [-0.1, -0.05) is 24.6 Å². The van der Waals surface area contributed by atoms with E-state index in [1.165, 1.54) is 0 Å². The van der Waals surface area contributed by atoms with Crippen LogP contribution in [0.3, 0.4) is 0 Å². The largest absolute Gasteiger partial charge is 0.506 e. The zero-order valence-corrected chi connectivity index (χ0v) is 8.84. The average Bonchev–Trinajstić information content (AvgIpc) is 2.19. The second kappa shape index (κ2) is 5.01. The van der Waals surface area contributed by atoms with Gasteiger partial charge in [-0.3, -0.25) is 4.79 Å². The second-order valence-electron chi connectivity index (χ2n) is 3.18. The third-order valence-corrected chi connectivity index (χ3v) is 2.40. The number of carbonyl (C=O) groups excluding carboxylic acids is 1. The van der Waals surface area contributed by atoms with Crippen molar-refractivity contribution in [2.45, 2.75) is 26.2 Å². The number of phenols is 1. The van der Waals surface area contributed by atoms with Crippen molar-refractivity contribution in [2.24, 2.45) is 0 Å². The van der Waals surface area contributed by atoms with Gasteiger partial charge in [-0.15, -0.1) is 0 Å². The molecule has 0 bridgehead atoms. The number of ketones is 1. The highest BCUT2D eigenvalue weighted by molar-refractivity contribution is 6.32. The quantitative estimate of drug-likeness (QED) is 0.833. The topological polar surface area (TPSA) is 37.3 Å². The first-order chi connectivity index (χ1) is 6.63. The number of aromatic hydroxyl groups is 1. The summed E-state index contributed by atoms with van der Waals surface area (Å²) in [5.41, 5.74) is 0.981. The average molecular weight is 213 g/mol. The molecule has 0 fully saturated rings. The summed E-state index contributed by atoms with van der Waals surface area (Å²) >= 11 is 5.73. The van der Waals surface area contributed by atoms with E-state index in [0.29, 0.717) is 24.3 Å². The normalized spacial score (nSPS) is 10.1. The number of rotatable bonds is 4. The molecule has 0 aliphatic rings. The first-order valence-electron chi connectivity index (χ1n) is 4.62. The number of halogens is 1. The highest BCUT2D eigenvalue weighted by atomic mass is 35.5. The SMILES string of the molecule is CCC(=O)CCc1ccc(O)c(Cl)c1. The summed E-state index contributed by atoms with van der Waals surface area (Å²) in [7, 11) is 0. The smallest absolute Gasteiger partial charge is 0.134 e. The van der Waals surface area contributed by atoms with Crippen molar-refractivity contribution in [3.8, 4) is 5.75 Å². The van der Waals surface area contributed by atoms with Gasteiger partial charge in [0, 0.05) is 12.8 Å². The number of Topliss-reactive ketones (excluding diaryl/α,β-unsaturated/α-hetero) is 1. The molecule has 1 aromatic rings. The first-order valence-corrected chi connectivity index (χ1v) is 5.00. The molecule has 0 aliphatic carbocycles. The van der Waals surface area contributed by atoms with Crippen LogP contribution in [0.5, 0.6) is 5.75 Å². The van der Waals surface area contributed by atoms with E-state index in [4.69, 9.17) is 16.7 Å². The van der Waals surface area contributed by atoms with Gasteiger partial charge in [-0.25, -0.2) is 0 Å². The number of hydrogen-bond donors (Lipinski definition) is 1. The molecule has 1 aromatic carbocycles. The molecule has 0 heterocycles. The van der Waals surface area contributed by atoms with Gasteiger partial charge in [0.1, 0.15) is 11.5 Å². The third-order valence-electron chi connectivity index (χ3n) is 2.10. The molecule has 0 saturated carbocycles. The molecule has 0 radical (unpaired) electrons. The van der Waals surface area contributed by atoms with Crippen molar-refractivity contribution in [1.82, 2.24) is 0 Å². The maximum absolute atomic E-state index is 11.1. The maximum atomic E-state index is 11.1. The zero-order chi connectivity index (χ0) is 10.6. The van der Waals surface area contributed by atoms with Crippen LogP contribution >= 0.6 is 11.6 Å². The van der Waals surface area contributed by atoms with E-state index < -0.39 is 0 Å². The molecular formula is C11H13ClO2. The van der Waals surface area contributed by atoms with Gasteiger partial charge in [0.2, 0.25) is 0 Å². The van der Waals surface area contributed by atoms with E-state index in [9.17, 15) is 4.79 Å². The molecule has 2 nitrogen and oxygen atoms in total. The molecule has 0 saturated heterocycles. The van der Waals surface area contributed by atoms with Gasteiger partial charge in [0.15, 0.2) is 0 Å². The molecule has 0 spiro atoms. The van der Waals surface area contributed by atoms with Gasteiger partial charge < -0.3 is 5.11 Å². The van der Waals surface area contributed by atoms with Crippen LogP contribution in [0.2, 0.25) is 5.02 Å². The minimum Gasteiger partial charge on any atom is -0.506 e. The number of phenolic OH excluding ortho intramolecular Hbond substituents is 1. The van der Waals surface area contributed by atoms with Crippen LogP contribution in [-0.4, -0.2) is 10.9 Å². The van der Waals surface area contributed by atoms with Crippen molar-refractivity contribution in [3.63, 3.8) is 0 Å². The van der Waals surface area contributed by atoms with Crippen molar-refractivity contribution < 1.29 is 9.90 Å². The Morgan fingerprint density at radius 3 is 2.79 bits per heavy atom. The molecule has 0 amide bonds. The molecule has 0 atom stereocenters. The highest BCUT2D eigenvalue weighted by Crippen LogP contribution is 2.24. The Morgan fingerprint density at radius 2 is 2.21 bits per heavy atom. The monoisotopic (exact) mass is 212 g/mol. The van der Waals surface area contributed by atoms with Crippen LogP contribution in [0.4, 0.5) is 0 Å². The van der Waals surface area contributed by atoms with Gasteiger partial charge in [0.25, 0.3) is 0 Å². The standard InChI is InChI=1S/C11H13ClO2/c1-2-9(13)5-3-8-4-6-11(14)10(12)7-8/h4,6-7,14H,2-3,5H2,1H3. The number of aryl methyl sites for hydroxylation is 1. The Bertz CT molecular complexity index is 334. The predicted octanol–water partition coefficient (Wildman–Crippen LogP) is 2.96. The highest BCUT2D eigenvalue weighted by Gasteiger charge is 2.02. The van der Waals surface area contributed by atoms with E-state index in [0.717, 1.165) is 5.56 Å². The molecule has 0 aromatic heterocycles. The number of carbonyl (C=O) groups is 1. The molecule has 0 aliphatic heterocycles. The summed E-state index contributed by atoms with van der Waals surface area (Å²) in [6.07, 6.45) is 1.80. The minimum absolute atomic E-state index is 0.0808. The summed E-state index contributed by atoms with van der Waals surface area (Å²) in [4.78, 5) is 11.1. The van der Waals surface area contributed by atoms with Crippen LogP contribution in [0.1, 0.15) is 25.3 Å². The fourth-order valence-corrected chi connectivity index (χ4v) is 1.37. The van der Waals surface area contributed by atoms with Crippen LogP contribution in [0.25, 0.3) is 0 Å². The number of benzene rings is 1. The zero-order valence-electron chi connectivity index (χ0n) is 8.09. The third kappa shape index (κ3) is 3.04. The molecule has 1 N–H and O–H groups in total. The molecular weight excluding hydrogens is 200 g/mol. The van der Waals surface area contributed by atoms with Crippen molar-refractivity contribution >= 4 is 17.4 Å². The van der Waals surface area contributed by atoms with Crippen molar-refractivity contribution in [2.75, 3.05) is 0 Å². The fraction of sp³-hybridized carbons (Fsp3) is 0.364. The summed E-state index contributed by atoms with van der Waals surface area (Å²) in [5.74, 6) is 0.325.